The predicted octanol–water partition coefficient (Wildman–Crippen LogP) is 5.58. The van der Waals surface area contributed by atoms with E-state index in [2.05, 4.69) is 47.0 Å². The van der Waals surface area contributed by atoms with E-state index in [0.29, 0.717) is 6.61 Å². The van der Waals surface area contributed by atoms with Gasteiger partial charge in [-0.05, 0) is 71.3 Å². The van der Waals surface area contributed by atoms with Gasteiger partial charge in [0.15, 0.2) is 0 Å². The van der Waals surface area contributed by atoms with Crippen LogP contribution < -0.4 is 10.1 Å². The molecule has 0 unspecified atom stereocenters. The Balaban J connectivity index is 1.45. The van der Waals surface area contributed by atoms with Crippen LogP contribution in [-0.4, -0.2) is 16.8 Å². The summed E-state index contributed by atoms with van der Waals surface area (Å²) in [6.45, 7) is 4.77. The number of hydrogen-bond acceptors (Lipinski definition) is 3. The molecule has 1 aliphatic heterocycles. The fourth-order valence-electron chi connectivity index (χ4n) is 3.56. The highest BCUT2D eigenvalue weighted by molar-refractivity contribution is 14.1. The maximum atomic E-state index is 12.8. The Kier molecular flexibility index (Phi) is 6.60. The molecule has 4 rings (SSSR count). The summed E-state index contributed by atoms with van der Waals surface area (Å²) >= 11 is 2.22. The minimum absolute atomic E-state index is 0.243. The number of carbonyl (C=O) groups is 2. The number of aryl methyl sites for hydroxylation is 2. The van der Waals surface area contributed by atoms with Crippen molar-refractivity contribution in [3.05, 3.63) is 104 Å². The van der Waals surface area contributed by atoms with Gasteiger partial charge in [0.05, 0.1) is 10.1 Å². The van der Waals surface area contributed by atoms with E-state index in [1.165, 1.54) is 10.5 Å². The lowest BCUT2D eigenvalue weighted by Crippen LogP contribution is -2.30. The van der Waals surface area contributed by atoms with E-state index in [1.54, 1.807) is 6.08 Å². The minimum Gasteiger partial charge on any atom is -0.488 e. The molecule has 0 bridgehead atoms. The van der Waals surface area contributed by atoms with Crippen LogP contribution in [0.1, 0.15) is 27.8 Å². The molecular formula is C26H23IN2O3. The summed E-state index contributed by atoms with van der Waals surface area (Å²) in [4.78, 5) is 26.4. The summed E-state index contributed by atoms with van der Waals surface area (Å²) in [5, 5.41) is 2.69. The van der Waals surface area contributed by atoms with E-state index in [9.17, 15) is 9.59 Å². The van der Waals surface area contributed by atoms with Crippen LogP contribution in [0.4, 0.5) is 4.79 Å². The van der Waals surface area contributed by atoms with Gasteiger partial charge in [0.25, 0.3) is 5.91 Å². The molecule has 1 N–H and O–H groups in total. The summed E-state index contributed by atoms with van der Waals surface area (Å²) < 4.78 is 6.89. The first kappa shape index (κ1) is 22.1. The number of ether oxygens (including phenoxy) is 1. The number of amides is 3. The van der Waals surface area contributed by atoms with Gasteiger partial charge < -0.3 is 10.1 Å². The van der Waals surface area contributed by atoms with Gasteiger partial charge in [-0.3, -0.25) is 9.69 Å². The first-order chi connectivity index (χ1) is 15.4. The van der Waals surface area contributed by atoms with Gasteiger partial charge in [-0.15, -0.1) is 0 Å². The van der Waals surface area contributed by atoms with Crippen LogP contribution in [-0.2, 0) is 17.9 Å². The zero-order valence-electron chi connectivity index (χ0n) is 17.9. The van der Waals surface area contributed by atoms with E-state index in [0.717, 1.165) is 31.6 Å². The number of rotatable bonds is 6. The highest BCUT2D eigenvalue weighted by Gasteiger charge is 2.33. The fraction of sp³-hybridized carbons (Fsp3) is 0.154. The van der Waals surface area contributed by atoms with Crippen LogP contribution in [0.3, 0.4) is 0 Å². The third-order valence-electron chi connectivity index (χ3n) is 5.13. The maximum Gasteiger partial charge on any atom is 0.329 e. The van der Waals surface area contributed by atoms with Gasteiger partial charge in [0.2, 0.25) is 0 Å². The Labute approximate surface area is 201 Å². The first-order valence-electron chi connectivity index (χ1n) is 10.3. The fourth-order valence-corrected chi connectivity index (χ4v) is 4.26. The summed E-state index contributed by atoms with van der Waals surface area (Å²) in [5.74, 6) is 0.448. The molecule has 0 saturated carbocycles. The summed E-state index contributed by atoms with van der Waals surface area (Å²) in [6, 6.07) is 21.3. The second-order valence-electron chi connectivity index (χ2n) is 7.84. The Morgan fingerprint density at radius 3 is 2.31 bits per heavy atom. The van der Waals surface area contributed by atoms with Gasteiger partial charge in [-0.25, -0.2) is 4.79 Å². The third kappa shape index (κ3) is 5.19. The summed E-state index contributed by atoms with van der Waals surface area (Å²) in [6.07, 6.45) is 1.70. The van der Waals surface area contributed by atoms with E-state index >= 15 is 0 Å². The lowest BCUT2D eigenvalue weighted by molar-refractivity contribution is -0.123. The zero-order chi connectivity index (χ0) is 22.7. The van der Waals surface area contributed by atoms with E-state index in [1.807, 2.05) is 61.5 Å². The number of imide groups is 1. The second-order valence-corrected chi connectivity index (χ2v) is 9.00. The normalized spacial score (nSPS) is 14.7. The molecular weight excluding hydrogens is 515 g/mol. The topological polar surface area (TPSA) is 58.6 Å². The van der Waals surface area contributed by atoms with Crippen molar-refractivity contribution in [1.29, 1.82) is 0 Å². The number of nitrogens with one attached hydrogen (secondary N) is 1. The molecule has 3 amide bonds. The average Bonchev–Trinajstić information content (AvgIpc) is 3.01. The maximum absolute atomic E-state index is 12.8. The van der Waals surface area contributed by atoms with Crippen LogP contribution in [0.15, 0.2) is 72.4 Å². The number of nitrogens with zero attached hydrogens (tertiary/aromatic N) is 1. The Morgan fingerprint density at radius 1 is 0.938 bits per heavy atom. The number of halogens is 1. The van der Waals surface area contributed by atoms with Crippen molar-refractivity contribution in [2.24, 2.45) is 0 Å². The molecule has 3 aromatic rings. The van der Waals surface area contributed by atoms with E-state index < -0.39 is 6.03 Å². The molecule has 0 atom stereocenters. The standard InChI is InChI=1S/C26H23IN2O3/c1-17-5-3-7-20(11-17)15-29-25(30)23(28-26(29)31)14-19-9-10-24(22(27)13-19)32-16-21-8-4-6-18(2)12-21/h3-14H,15-16H2,1-2H3,(H,28,31)/b23-14+. The molecule has 1 fully saturated rings. The van der Waals surface area contributed by atoms with Crippen molar-refractivity contribution >= 4 is 40.6 Å². The molecule has 5 nitrogen and oxygen atoms in total. The molecule has 0 aromatic heterocycles. The van der Waals surface area contributed by atoms with Crippen LogP contribution in [0, 0.1) is 17.4 Å². The van der Waals surface area contributed by atoms with Crippen molar-refractivity contribution < 1.29 is 14.3 Å². The number of benzene rings is 3. The minimum atomic E-state index is -0.407. The molecule has 32 heavy (non-hydrogen) atoms. The van der Waals surface area contributed by atoms with Crippen molar-refractivity contribution in [3.63, 3.8) is 0 Å². The number of urea groups is 1. The summed E-state index contributed by atoms with van der Waals surface area (Å²) in [5.41, 5.74) is 5.40. The molecule has 162 valence electrons. The molecule has 6 heteroatoms. The van der Waals surface area contributed by atoms with Crippen molar-refractivity contribution in [1.82, 2.24) is 10.2 Å². The van der Waals surface area contributed by atoms with Crippen LogP contribution >= 0.6 is 22.6 Å². The van der Waals surface area contributed by atoms with Crippen molar-refractivity contribution in [2.45, 2.75) is 27.0 Å². The smallest absolute Gasteiger partial charge is 0.329 e. The quantitative estimate of drug-likeness (QED) is 0.253. The molecule has 3 aromatic carbocycles. The zero-order valence-corrected chi connectivity index (χ0v) is 20.0. The van der Waals surface area contributed by atoms with E-state index in [-0.39, 0.29) is 18.1 Å². The highest BCUT2D eigenvalue weighted by atomic mass is 127. The third-order valence-corrected chi connectivity index (χ3v) is 5.97. The molecule has 0 spiro atoms. The Bertz CT molecular complexity index is 1220. The van der Waals surface area contributed by atoms with Gasteiger partial charge in [0.1, 0.15) is 18.1 Å². The Hall–Kier alpha value is -3.13. The van der Waals surface area contributed by atoms with Crippen molar-refractivity contribution in [3.8, 4) is 5.75 Å². The predicted molar refractivity (Wildman–Crippen MR) is 133 cm³/mol. The van der Waals surface area contributed by atoms with Crippen LogP contribution in [0.25, 0.3) is 6.08 Å². The van der Waals surface area contributed by atoms with Crippen molar-refractivity contribution in [2.75, 3.05) is 0 Å². The molecule has 1 aliphatic rings. The molecule has 0 radical (unpaired) electrons. The summed E-state index contributed by atoms with van der Waals surface area (Å²) in [7, 11) is 0. The number of carbonyl (C=O) groups excluding carboxylic acids is 2. The van der Waals surface area contributed by atoms with Crippen LogP contribution in [0.2, 0.25) is 0 Å². The lowest BCUT2D eigenvalue weighted by atomic mass is 10.1. The average molecular weight is 538 g/mol. The first-order valence-corrected chi connectivity index (χ1v) is 11.3. The molecule has 0 aliphatic carbocycles. The lowest BCUT2D eigenvalue weighted by Gasteiger charge is -2.12. The van der Waals surface area contributed by atoms with Gasteiger partial charge in [0, 0.05) is 0 Å². The van der Waals surface area contributed by atoms with Gasteiger partial charge in [-0.1, -0.05) is 65.7 Å². The largest absolute Gasteiger partial charge is 0.488 e. The molecule has 1 heterocycles. The second kappa shape index (κ2) is 9.56. The highest BCUT2D eigenvalue weighted by Crippen LogP contribution is 2.25. The Morgan fingerprint density at radius 2 is 1.62 bits per heavy atom. The van der Waals surface area contributed by atoms with Crippen LogP contribution in [0.5, 0.6) is 5.75 Å². The molecule has 1 saturated heterocycles. The monoisotopic (exact) mass is 538 g/mol. The number of hydrogen-bond donors (Lipinski definition) is 1. The van der Waals surface area contributed by atoms with Gasteiger partial charge in [-0.2, -0.15) is 0 Å². The SMILES string of the molecule is Cc1cccc(COc2ccc(/C=C3/NC(=O)N(Cc4cccc(C)c4)C3=O)cc2I)c1. The van der Waals surface area contributed by atoms with Gasteiger partial charge >= 0.3 is 6.03 Å². The van der Waals surface area contributed by atoms with E-state index in [4.69, 9.17) is 4.74 Å².